The summed E-state index contributed by atoms with van der Waals surface area (Å²) in [5, 5.41) is 13.6. The molecule has 0 aliphatic rings. The van der Waals surface area contributed by atoms with Gasteiger partial charge in [-0.1, -0.05) is 18.5 Å². The Morgan fingerprint density at radius 3 is 2.78 bits per heavy atom. The van der Waals surface area contributed by atoms with Gasteiger partial charge in [0.15, 0.2) is 5.69 Å². The zero-order valence-electron chi connectivity index (χ0n) is 9.52. The number of rotatable bonds is 3. The first-order valence-corrected chi connectivity index (χ1v) is 6.47. The van der Waals surface area contributed by atoms with Crippen molar-refractivity contribution >= 4 is 33.5 Å². The maximum absolute atomic E-state index is 10.9. The molecule has 0 spiro atoms. The Balaban J connectivity index is 2.55. The van der Waals surface area contributed by atoms with E-state index < -0.39 is 5.97 Å². The molecule has 0 saturated heterocycles. The molecule has 0 atom stereocenters. The first-order valence-electron chi connectivity index (χ1n) is 5.30. The van der Waals surface area contributed by atoms with E-state index in [2.05, 4.69) is 21.0 Å². The van der Waals surface area contributed by atoms with Gasteiger partial charge in [-0.15, -0.1) is 0 Å². The van der Waals surface area contributed by atoms with Crippen LogP contribution in [0.25, 0.3) is 5.69 Å². The Bertz CT molecular complexity index is 610. The molecule has 4 nitrogen and oxygen atoms in total. The predicted molar refractivity (Wildman–Crippen MR) is 72.6 cm³/mol. The first kappa shape index (κ1) is 13.1. The van der Waals surface area contributed by atoms with Gasteiger partial charge >= 0.3 is 5.97 Å². The lowest BCUT2D eigenvalue weighted by Crippen LogP contribution is -2.03. The van der Waals surface area contributed by atoms with E-state index in [9.17, 15) is 4.79 Å². The van der Waals surface area contributed by atoms with Crippen LogP contribution in [0.2, 0.25) is 5.02 Å². The minimum atomic E-state index is -1.04. The van der Waals surface area contributed by atoms with Gasteiger partial charge in [0.05, 0.1) is 10.7 Å². The smallest absolute Gasteiger partial charge is 0.356 e. The summed E-state index contributed by atoms with van der Waals surface area (Å²) in [4.78, 5) is 10.9. The van der Waals surface area contributed by atoms with Gasteiger partial charge in [-0.2, -0.15) is 5.10 Å². The lowest BCUT2D eigenvalue weighted by Gasteiger charge is -2.06. The number of aromatic carboxylic acids is 1. The van der Waals surface area contributed by atoms with Crippen LogP contribution in [0.3, 0.4) is 0 Å². The van der Waals surface area contributed by atoms with Crippen LogP contribution < -0.4 is 0 Å². The molecule has 2 rings (SSSR count). The molecule has 0 aliphatic heterocycles. The van der Waals surface area contributed by atoms with Crippen LogP contribution in [0.1, 0.15) is 23.1 Å². The molecule has 6 heteroatoms. The summed E-state index contributed by atoms with van der Waals surface area (Å²) in [6, 6.07) is 6.94. The van der Waals surface area contributed by atoms with Gasteiger partial charge in [-0.3, -0.25) is 0 Å². The fourth-order valence-corrected chi connectivity index (χ4v) is 2.04. The molecule has 1 N–H and O–H groups in total. The molecule has 1 heterocycles. The van der Waals surface area contributed by atoms with Crippen molar-refractivity contribution in [3.05, 3.63) is 45.1 Å². The molecule has 1 aromatic heterocycles. The third-order valence-corrected chi connectivity index (χ3v) is 3.74. The summed E-state index contributed by atoms with van der Waals surface area (Å²) in [7, 11) is 0. The predicted octanol–water partition coefficient (Wildman–Crippen LogP) is 3.55. The van der Waals surface area contributed by atoms with Crippen molar-refractivity contribution in [2.24, 2.45) is 0 Å². The molecule has 0 bridgehead atoms. The first-order chi connectivity index (χ1) is 8.52. The number of aryl methyl sites for hydroxylation is 1. The molecule has 0 amide bonds. The molecular weight excluding hydrogens is 320 g/mol. The number of benzene rings is 1. The van der Waals surface area contributed by atoms with Crippen LogP contribution in [-0.2, 0) is 6.42 Å². The van der Waals surface area contributed by atoms with E-state index in [1.807, 2.05) is 13.0 Å². The number of hydrogen-bond acceptors (Lipinski definition) is 2. The van der Waals surface area contributed by atoms with Crippen molar-refractivity contribution in [3.8, 4) is 5.69 Å². The van der Waals surface area contributed by atoms with Gasteiger partial charge in [-0.05, 0) is 46.6 Å². The molecule has 1 aromatic carbocycles. The zero-order valence-corrected chi connectivity index (χ0v) is 11.9. The van der Waals surface area contributed by atoms with Gasteiger partial charge in [0.25, 0.3) is 0 Å². The van der Waals surface area contributed by atoms with Crippen molar-refractivity contribution in [2.45, 2.75) is 13.3 Å². The second-order valence-corrected chi connectivity index (χ2v) is 4.95. The third kappa shape index (κ3) is 2.42. The van der Waals surface area contributed by atoms with Gasteiger partial charge < -0.3 is 5.11 Å². The van der Waals surface area contributed by atoms with Crippen molar-refractivity contribution in [1.82, 2.24) is 9.78 Å². The molecule has 18 heavy (non-hydrogen) atoms. The van der Waals surface area contributed by atoms with Crippen molar-refractivity contribution < 1.29 is 9.90 Å². The monoisotopic (exact) mass is 328 g/mol. The van der Waals surface area contributed by atoms with Crippen molar-refractivity contribution in [2.75, 3.05) is 0 Å². The summed E-state index contributed by atoms with van der Waals surface area (Å²) in [6.07, 6.45) is 0.688. The normalized spacial score (nSPS) is 10.6. The molecule has 2 aromatic rings. The highest BCUT2D eigenvalue weighted by Crippen LogP contribution is 2.25. The fraction of sp³-hybridized carbons (Fsp3) is 0.167. The zero-order chi connectivity index (χ0) is 13.3. The summed E-state index contributed by atoms with van der Waals surface area (Å²) in [6.45, 7) is 1.94. The van der Waals surface area contributed by atoms with Crippen LogP contribution in [0.5, 0.6) is 0 Å². The Labute approximate surface area is 117 Å². The minimum Gasteiger partial charge on any atom is -0.476 e. The highest BCUT2D eigenvalue weighted by atomic mass is 79.9. The number of hydrogen-bond donors (Lipinski definition) is 1. The van der Waals surface area contributed by atoms with E-state index in [1.54, 1.807) is 22.9 Å². The largest absolute Gasteiger partial charge is 0.476 e. The molecule has 0 radical (unpaired) electrons. The van der Waals surface area contributed by atoms with Gasteiger partial charge in [0.1, 0.15) is 0 Å². The highest BCUT2D eigenvalue weighted by molar-refractivity contribution is 9.10. The lowest BCUT2D eigenvalue weighted by molar-refractivity contribution is 0.0690. The van der Waals surface area contributed by atoms with E-state index >= 15 is 0 Å². The average Bonchev–Trinajstić information content (AvgIpc) is 2.77. The van der Waals surface area contributed by atoms with E-state index in [1.165, 1.54) is 0 Å². The van der Waals surface area contributed by atoms with Crippen LogP contribution in [0.15, 0.2) is 28.7 Å². The quantitative estimate of drug-likeness (QED) is 0.937. The van der Waals surface area contributed by atoms with Crippen LogP contribution >= 0.6 is 27.5 Å². The summed E-state index contributed by atoms with van der Waals surface area (Å²) in [5.74, 6) is -1.04. The second kappa shape index (κ2) is 5.12. The molecule has 94 valence electrons. The number of nitrogens with zero attached hydrogens (tertiary/aromatic N) is 2. The fourth-order valence-electron chi connectivity index (χ4n) is 1.62. The third-order valence-electron chi connectivity index (χ3n) is 2.51. The molecule has 0 saturated carbocycles. The number of carbonyl (C=O) groups is 1. The second-order valence-electron chi connectivity index (χ2n) is 3.69. The minimum absolute atomic E-state index is 0.0332. The number of aromatic nitrogens is 2. The topological polar surface area (TPSA) is 55.1 Å². The average molecular weight is 330 g/mol. The molecule has 0 aliphatic carbocycles. The van der Waals surface area contributed by atoms with Gasteiger partial charge in [0.2, 0.25) is 0 Å². The van der Waals surface area contributed by atoms with E-state index in [0.717, 1.165) is 15.9 Å². The molecule has 0 unspecified atom stereocenters. The Morgan fingerprint density at radius 2 is 2.22 bits per heavy atom. The Hall–Kier alpha value is -1.33. The summed E-state index contributed by atoms with van der Waals surface area (Å²) >= 11 is 9.33. The maximum Gasteiger partial charge on any atom is 0.356 e. The summed E-state index contributed by atoms with van der Waals surface area (Å²) < 4.78 is 2.39. The van der Waals surface area contributed by atoms with Crippen LogP contribution in [0.4, 0.5) is 0 Å². The van der Waals surface area contributed by atoms with Crippen molar-refractivity contribution in [3.63, 3.8) is 0 Å². The van der Waals surface area contributed by atoms with E-state index in [-0.39, 0.29) is 5.69 Å². The summed E-state index contributed by atoms with van der Waals surface area (Å²) in [5.41, 5.74) is 1.60. The molecule has 0 fully saturated rings. The van der Waals surface area contributed by atoms with Gasteiger partial charge in [-0.25, -0.2) is 9.48 Å². The Kier molecular flexibility index (Phi) is 3.73. The number of halogens is 2. The molecular formula is C12H10BrClN2O2. The maximum atomic E-state index is 10.9. The number of carboxylic acids is 1. The van der Waals surface area contributed by atoms with E-state index in [4.69, 9.17) is 16.7 Å². The Morgan fingerprint density at radius 1 is 1.50 bits per heavy atom. The van der Waals surface area contributed by atoms with Gasteiger partial charge in [0, 0.05) is 10.2 Å². The highest BCUT2D eigenvalue weighted by Gasteiger charge is 2.13. The number of carboxylic acid groups (broad SMARTS) is 1. The van der Waals surface area contributed by atoms with E-state index in [0.29, 0.717) is 11.4 Å². The van der Waals surface area contributed by atoms with Crippen molar-refractivity contribution in [1.29, 1.82) is 0 Å². The van der Waals surface area contributed by atoms with Crippen LogP contribution in [-0.4, -0.2) is 20.9 Å². The standard InChI is InChI=1S/C12H10BrClN2O2/c1-2-7-6-11(12(17)18)15-16(7)8-3-4-9(13)10(14)5-8/h3-6H,2H2,1H3,(H,17,18). The SMILES string of the molecule is CCc1cc(C(=O)O)nn1-c1ccc(Br)c(Cl)c1. The lowest BCUT2D eigenvalue weighted by atomic mass is 10.2. The van der Waals surface area contributed by atoms with Crippen LogP contribution in [0, 0.1) is 0 Å².